The van der Waals surface area contributed by atoms with Gasteiger partial charge in [0, 0.05) is 10.0 Å². The normalized spacial score (nSPS) is 14.7. The number of carbonyl (C=O) groups excluding carboxylic acids is 3. The Morgan fingerprint density at radius 3 is 2.25 bits per heavy atom. The predicted octanol–water partition coefficient (Wildman–Crippen LogP) is 5.87. The van der Waals surface area contributed by atoms with Gasteiger partial charge in [0.1, 0.15) is 23.7 Å². The van der Waals surface area contributed by atoms with Gasteiger partial charge in [0.2, 0.25) is 0 Å². The quantitative estimate of drug-likeness (QED) is 0.205. The Morgan fingerprint density at radius 1 is 0.889 bits per heavy atom. The van der Waals surface area contributed by atoms with Crippen molar-refractivity contribution in [2.24, 2.45) is 0 Å². The minimum atomic E-state index is -0.794. The topological polar surface area (TPSA) is 84.9 Å². The first kappa shape index (κ1) is 25.2. The molecule has 7 nitrogen and oxygen atoms in total. The zero-order valence-electron chi connectivity index (χ0n) is 19.7. The van der Waals surface area contributed by atoms with E-state index < -0.39 is 17.8 Å². The van der Waals surface area contributed by atoms with Crippen LogP contribution < -0.4 is 19.7 Å². The fourth-order valence-electron chi connectivity index (χ4n) is 3.52. The van der Waals surface area contributed by atoms with Crippen LogP contribution in [0, 0.1) is 0 Å². The summed E-state index contributed by atoms with van der Waals surface area (Å²) in [7, 11) is 0. The number of ether oxygens (including phenoxy) is 2. The van der Waals surface area contributed by atoms with Gasteiger partial charge in [-0.15, -0.1) is 0 Å². The molecule has 0 unspecified atom stereocenters. The third-order valence-electron chi connectivity index (χ3n) is 5.51. The lowest BCUT2D eigenvalue weighted by atomic mass is 10.1. The van der Waals surface area contributed by atoms with Gasteiger partial charge in [0.05, 0.1) is 12.3 Å². The van der Waals surface area contributed by atoms with Crippen molar-refractivity contribution in [2.75, 3.05) is 11.5 Å². The van der Waals surface area contributed by atoms with E-state index in [0.717, 1.165) is 27.8 Å². The largest absolute Gasteiger partial charge is 0.494 e. The van der Waals surface area contributed by atoms with Crippen molar-refractivity contribution in [2.45, 2.75) is 26.4 Å². The lowest BCUT2D eigenvalue weighted by Crippen LogP contribution is -2.54. The molecule has 4 rings (SSSR count). The number of anilines is 1. The van der Waals surface area contributed by atoms with Gasteiger partial charge in [-0.05, 0) is 60.5 Å². The zero-order valence-corrected chi connectivity index (χ0v) is 21.3. The number of imide groups is 2. The summed E-state index contributed by atoms with van der Waals surface area (Å²) in [5.41, 5.74) is 1.84. The van der Waals surface area contributed by atoms with E-state index in [9.17, 15) is 14.4 Å². The second kappa shape index (κ2) is 11.7. The number of nitrogens with one attached hydrogen (secondary N) is 1. The molecule has 0 spiro atoms. The molecular formula is C28H25BrN2O5. The van der Waals surface area contributed by atoms with Crippen LogP contribution in [0.5, 0.6) is 11.5 Å². The van der Waals surface area contributed by atoms with Crippen LogP contribution in [0.4, 0.5) is 10.5 Å². The average Bonchev–Trinajstić information content (AvgIpc) is 2.88. The van der Waals surface area contributed by atoms with E-state index in [1.165, 1.54) is 6.08 Å². The van der Waals surface area contributed by atoms with E-state index in [1.54, 1.807) is 48.5 Å². The van der Waals surface area contributed by atoms with Crippen molar-refractivity contribution in [1.82, 2.24) is 5.32 Å². The van der Waals surface area contributed by atoms with Crippen molar-refractivity contribution in [3.8, 4) is 11.5 Å². The molecule has 4 amide bonds. The van der Waals surface area contributed by atoms with E-state index in [4.69, 9.17) is 9.47 Å². The number of halogens is 1. The number of unbranched alkanes of at least 4 members (excludes halogenated alkanes) is 1. The molecule has 0 radical (unpaired) electrons. The zero-order chi connectivity index (χ0) is 25.5. The SMILES string of the molecule is CCCCOc1ccc(N2C(=O)NC(=O)/C(=C/c3ccc(OCc4ccccc4Br)cc3)C2=O)cc1. The number of nitrogens with zero attached hydrogens (tertiary/aromatic N) is 1. The third kappa shape index (κ3) is 6.01. The minimum Gasteiger partial charge on any atom is -0.494 e. The molecule has 0 saturated carbocycles. The Morgan fingerprint density at radius 2 is 1.56 bits per heavy atom. The summed E-state index contributed by atoms with van der Waals surface area (Å²) in [4.78, 5) is 39.0. The maximum atomic E-state index is 13.1. The number of amides is 4. The molecule has 0 atom stereocenters. The highest BCUT2D eigenvalue weighted by atomic mass is 79.9. The number of benzene rings is 3. The monoisotopic (exact) mass is 548 g/mol. The first-order chi connectivity index (χ1) is 17.5. The number of hydrogen-bond acceptors (Lipinski definition) is 5. The Balaban J connectivity index is 1.47. The summed E-state index contributed by atoms with van der Waals surface area (Å²) in [6.45, 7) is 3.06. The van der Waals surface area contributed by atoms with Crippen LogP contribution in [0.25, 0.3) is 6.08 Å². The molecular weight excluding hydrogens is 524 g/mol. The molecule has 1 N–H and O–H groups in total. The van der Waals surface area contributed by atoms with E-state index in [0.29, 0.717) is 36.0 Å². The van der Waals surface area contributed by atoms with Crippen LogP contribution >= 0.6 is 15.9 Å². The van der Waals surface area contributed by atoms with Gasteiger partial charge in [0.25, 0.3) is 11.8 Å². The number of barbiturate groups is 1. The summed E-state index contributed by atoms with van der Waals surface area (Å²) in [5, 5.41) is 2.24. The molecule has 3 aromatic carbocycles. The molecule has 0 aliphatic carbocycles. The molecule has 3 aromatic rings. The predicted molar refractivity (Wildman–Crippen MR) is 141 cm³/mol. The lowest BCUT2D eigenvalue weighted by molar-refractivity contribution is -0.122. The van der Waals surface area contributed by atoms with E-state index in [1.807, 2.05) is 24.3 Å². The van der Waals surface area contributed by atoms with Crippen molar-refractivity contribution in [3.05, 3.63) is 94.0 Å². The van der Waals surface area contributed by atoms with Crippen LogP contribution in [-0.2, 0) is 16.2 Å². The van der Waals surface area contributed by atoms with E-state index >= 15 is 0 Å². The maximum absolute atomic E-state index is 13.1. The molecule has 0 bridgehead atoms. The molecule has 36 heavy (non-hydrogen) atoms. The molecule has 1 aliphatic rings. The van der Waals surface area contributed by atoms with Gasteiger partial charge in [-0.3, -0.25) is 14.9 Å². The van der Waals surface area contributed by atoms with Crippen molar-refractivity contribution >= 4 is 45.5 Å². The first-order valence-electron chi connectivity index (χ1n) is 11.6. The van der Waals surface area contributed by atoms with Gasteiger partial charge in [-0.1, -0.05) is 59.6 Å². The van der Waals surface area contributed by atoms with Gasteiger partial charge in [0.15, 0.2) is 0 Å². The number of urea groups is 1. The fourth-order valence-corrected chi connectivity index (χ4v) is 3.92. The molecule has 184 valence electrons. The second-order valence-electron chi connectivity index (χ2n) is 8.10. The molecule has 1 heterocycles. The third-order valence-corrected chi connectivity index (χ3v) is 6.28. The highest BCUT2D eigenvalue weighted by molar-refractivity contribution is 9.10. The van der Waals surface area contributed by atoms with Crippen LogP contribution in [0.3, 0.4) is 0 Å². The van der Waals surface area contributed by atoms with Crippen molar-refractivity contribution in [1.29, 1.82) is 0 Å². The highest BCUT2D eigenvalue weighted by Crippen LogP contribution is 2.25. The fraction of sp³-hybridized carbons (Fsp3) is 0.179. The standard InChI is InChI=1S/C28H25BrN2O5/c1-2-3-16-35-22-14-10-21(11-15-22)31-27(33)24(26(32)30-28(31)34)17-19-8-12-23(13-9-19)36-18-20-6-4-5-7-25(20)29/h4-15,17H,2-3,16,18H2,1H3,(H,30,32,34)/b24-17-. The summed E-state index contributed by atoms with van der Waals surface area (Å²) in [6, 6.07) is 20.6. The Bertz CT molecular complexity index is 1290. The van der Waals surface area contributed by atoms with Gasteiger partial charge < -0.3 is 9.47 Å². The van der Waals surface area contributed by atoms with Crippen LogP contribution in [0.15, 0.2) is 82.8 Å². The Hall–Kier alpha value is -3.91. The number of rotatable bonds is 9. The van der Waals surface area contributed by atoms with Gasteiger partial charge >= 0.3 is 6.03 Å². The van der Waals surface area contributed by atoms with Gasteiger partial charge in [-0.25, -0.2) is 9.69 Å². The number of hydrogen-bond donors (Lipinski definition) is 1. The smallest absolute Gasteiger partial charge is 0.335 e. The Kier molecular flexibility index (Phi) is 8.17. The summed E-state index contributed by atoms with van der Waals surface area (Å²) in [6.07, 6.45) is 3.41. The summed E-state index contributed by atoms with van der Waals surface area (Å²) < 4.78 is 12.4. The van der Waals surface area contributed by atoms with Crippen LogP contribution in [0.1, 0.15) is 30.9 Å². The lowest BCUT2D eigenvalue weighted by Gasteiger charge is -2.26. The summed E-state index contributed by atoms with van der Waals surface area (Å²) >= 11 is 3.50. The molecule has 1 aliphatic heterocycles. The van der Waals surface area contributed by atoms with Crippen molar-refractivity contribution in [3.63, 3.8) is 0 Å². The van der Waals surface area contributed by atoms with Crippen LogP contribution in [-0.4, -0.2) is 24.5 Å². The molecule has 1 fully saturated rings. The maximum Gasteiger partial charge on any atom is 0.335 e. The average molecular weight is 549 g/mol. The Labute approximate surface area is 217 Å². The van der Waals surface area contributed by atoms with Gasteiger partial charge in [-0.2, -0.15) is 0 Å². The van der Waals surface area contributed by atoms with E-state index in [2.05, 4.69) is 28.2 Å². The van der Waals surface area contributed by atoms with E-state index in [-0.39, 0.29) is 5.57 Å². The number of carbonyl (C=O) groups is 3. The van der Waals surface area contributed by atoms with Crippen molar-refractivity contribution < 1.29 is 23.9 Å². The highest BCUT2D eigenvalue weighted by Gasteiger charge is 2.36. The second-order valence-corrected chi connectivity index (χ2v) is 8.96. The minimum absolute atomic E-state index is 0.139. The molecule has 0 aromatic heterocycles. The molecule has 8 heteroatoms. The van der Waals surface area contributed by atoms with Crippen LogP contribution in [0.2, 0.25) is 0 Å². The summed E-state index contributed by atoms with van der Waals surface area (Å²) in [5.74, 6) is -0.149. The molecule has 1 saturated heterocycles. The first-order valence-corrected chi connectivity index (χ1v) is 12.4.